The van der Waals surface area contributed by atoms with Gasteiger partial charge in [-0.2, -0.15) is 11.8 Å². The second-order valence-corrected chi connectivity index (χ2v) is 7.09. The van der Waals surface area contributed by atoms with Gasteiger partial charge in [-0.3, -0.25) is 0 Å². The summed E-state index contributed by atoms with van der Waals surface area (Å²) < 4.78 is 26.7. The molecule has 1 aromatic rings. The van der Waals surface area contributed by atoms with Crippen LogP contribution in [-0.4, -0.2) is 38.0 Å². The molecular formula is C14H19NO4S2. The molecule has 0 aliphatic carbocycles. The summed E-state index contributed by atoms with van der Waals surface area (Å²) in [6, 6.07) is 6.17. The van der Waals surface area contributed by atoms with Crippen LogP contribution in [0.3, 0.4) is 0 Å². The molecule has 0 spiro atoms. The molecule has 0 radical (unpaired) electrons. The number of benzene rings is 1. The third-order valence-corrected chi connectivity index (χ3v) is 4.81. The van der Waals surface area contributed by atoms with Crippen LogP contribution in [0.5, 0.6) is 0 Å². The van der Waals surface area contributed by atoms with Crippen molar-refractivity contribution >= 4 is 33.8 Å². The second-order valence-electron chi connectivity index (χ2n) is 4.34. The van der Waals surface area contributed by atoms with Gasteiger partial charge in [-0.1, -0.05) is 12.1 Å². The fourth-order valence-electron chi connectivity index (χ4n) is 1.61. The molecule has 0 saturated carbocycles. The Labute approximate surface area is 129 Å². The molecule has 0 aliphatic heterocycles. The van der Waals surface area contributed by atoms with Gasteiger partial charge in [-0.15, -0.1) is 0 Å². The van der Waals surface area contributed by atoms with Crippen LogP contribution in [0.2, 0.25) is 0 Å². The maximum atomic E-state index is 12.1. The maximum absolute atomic E-state index is 12.1. The molecule has 116 valence electrons. The minimum absolute atomic E-state index is 0.139. The largest absolute Gasteiger partial charge is 0.478 e. The summed E-state index contributed by atoms with van der Waals surface area (Å²) in [5.74, 6) is -0.0628. The van der Waals surface area contributed by atoms with E-state index in [2.05, 4.69) is 4.72 Å². The quantitative estimate of drug-likeness (QED) is 0.536. The molecular weight excluding hydrogens is 310 g/mol. The molecule has 0 heterocycles. The molecule has 0 saturated heterocycles. The van der Waals surface area contributed by atoms with E-state index in [9.17, 15) is 13.2 Å². The van der Waals surface area contributed by atoms with Crippen molar-refractivity contribution in [1.82, 2.24) is 4.72 Å². The molecule has 0 amide bonds. The van der Waals surface area contributed by atoms with Crippen LogP contribution in [0.1, 0.15) is 18.4 Å². The zero-order chi connectivity index (χ0) is 15.7. The summed E-state index contributed by atoms with van der Waals surface area (Å²) in [5, 5.41) is 8.57. The smallest absolute Gasteiger partial charge is 0.328 e. The topological polar surface area (TPSA) is 83.5 Å². The number of hydrogen-bond acceptors (Lipinski definition) is 4. The Morgan fingerprint density at radius 3 is 2.81 bits per heavy atom. The Hall–Kier alpha value is -1.31. The number of rotatable bonds is 9. The highest BCUT2D eigenvalue weighted by Gasteiger charge is 2.13. The van der Waals surface area contributed by atoms with Crippen LogP contribution in [0.4, 0.5) is 0 Å². The van der Waals surface area contributed by atoms with Crippen LogP contribution < -0.4 is 4.72 Å². The first kappa shape index (κ1) is 17.7. The van der Waals surface area contributed by atoms with Crippen molar-refractivity contribution in [2.45, 2.75) is 17.7 Å². The lowest BCUT2D eigenvalue weighted by atomic mass is 10.2. The molecule has 1 aromatic carbocycles. The highest BCUT2D eigenvalue weighted by atomic mass is 32.2. The fourth-order valence-corrected chi connectivity index (χ4v) is 3.24. The zero-order valence-corrected chi connectivity index (χ0v) is 13.4. The van der Waals surface area contributed by atoms with E-state index in [1.807, 2.05) is 6.26 Å². The molecule has 7 heteroatoms. The summed E-state index contributed by atoms with van der Waals surface area (Å²) >= 11 is 1.73. The maximum Gasteiger partial charge on any atom is 0.328 e. The monoisotopic (exact) mass is 329 g/mol. The molecule has 0 unspecified atom stereocenters. The summed E-state index contributed by atoms with van der Waals surface area (Å²) in [6.45, 7) is 0.401. The van der Waals surface area contributed by atoms with Gasteiger partial charge in [0, 0.05) is 12.6 Å². The van der Waals surface area contributed by atoms with Crippen molar-refractivity contribution in [2.75, 3.05) is 18.6 Å². The predicted molar refractivity (Wildman–Crippen MR) is 85.9 cm³/mol. The van der Waals surface area contributed by atoms with E-state index >= 15 is 0 Å². The number of hydrogen-bond donors (Lipinski definition) is 2. The number of carbonyl (C=O) groups is 1. The minimum Gasteiger partial charge on any atom is -0.478 e. The molecule has 1 rings (SSSR count). The van der Waals surface area contributed by atoms with Crippen molar-refractivity contribution in [2.24, 2.45) is 0 Å². The van der Waals surface area contributed by atoms with E-state index < -0.39 is 16.0 Å². The van der Waals surface area contributed by atoms with Gasteiger partial charge in [0.05, 0.1) is 4.90 Å². The van der Waals surface area contributed by atoms with Gasteiger partial charge in [0.2, 0.25) is 10.0 Å². The van der Waals surface area contributed by atoms with Crippen LogP contribution >= 0.6 is 11.8 Å². The highest BCUT2D eigenvalue weighted by molar-refractivity contribution is 7.98. The molecule has 0 fully saturated rings. The Bertz CT molecular complexity index is 597. The minimum atomic E-state index is -3.55. The van der Waals surface area contributed by atoms with Crippen LogP contribution in [0.25, 0.3) is 6.08 Å². The molecule has 0 aliphatic rings. The van der Waals surface area contributed by atoms with Crippen molar-refractivity contribution < 1.29 is 18.3 Å². The number of aliphatic carboxylic acids is 1. The SMILES string of the molecule is CSCCCCNS(=O)(=O)c1cccc(/C=C/C(=O)O)c1. The lowest BCUT2D eigenvalue weighted by Gasteiger charge is -2.07. The lowest BCUT2D eigenvalue weighted by molar-refractivity contribution is -0.131. The lowest BCUT2D eigenvalue weighted by Crippen LogP contribution is -2.24. The van der Waals surface area contributed by atoms with Crippen LogP contribution in [0, 0.1) is 0 Å². The van der Waals surface area contributed by atoms with Gasteiger partial charge < -0.3 is 5.11 Å². The van der Waals surface area contributed by atoms with Crippen molar-refractivity contribution in [1.29, 1.82) is 0 Å². The van der Waals surface area contributed by atoms with Gasteiger partial charge in [-0.25, -0.2) is 17.9 Å². The average molecular weight is 329 g/mol. The number of carboxylic acids is 1. The molecule has 5 nitrogen and oxygen atoms in total. The van der Waals surface area contributed by atoms with E-state index in [0.717, 1.165) is 24.7 Å². The Balaban J connectivity index is 2.70. The van der Waals surface area contributed by atoms with Gasteiger partial charge in [-0.05, 0) is 48.6 Å². The second kappa shape index (κ2) is 8.86. The molecule has 0 atom stereocenters. The van der Waals surface area contributed by atoms with Crippen molar-refractivity contribution in [3.05, 3.63) is 35.9 Å². The third-order valence-electron chi connectivity index (χ3n) is 2.65. The van der Waals surface area contributed by atoms with Gasteiger partial charge >= 0.3 is 5.97 Å². The van der Waals surface area contributed by atoms with E-state index in [4.69, 9.17) is 5.11 Å². The number of sulfonamides is 1. The van der Waals surface area contributed by atoms with Crippen LogP contribution in [0.15, 0.2) is 35.2 Å². The van der Waals surface area contributed by atoms with E-state index in [-0.39, 0.29) is 4.90 Å². The van der Waals surface area contributed by atoms with Crippen molar-refractivity contribution in [3.63, 3.8) is 0 Å². The summed E-state index contributed by atoms with van der Waals surface area (Å²) in [7, 11) is -3.55. The molecule has 0 aromatic heterocycles. The van der Waals surface area contributed by atoms with E-state index in [1.165, 1.54) is 18.2 Å². The van der Waals surface area contributed by atoms with Crippen LogP contribution in [-0.2, 0) is 14.8 Å². The number of unbranched alkanes of at least 4 members (excludes halogenated alkanes) is 1. The molecule has 21 heavy (non-hydrogen) atoms. The average Bonchev–Trinajstić information content (AvgIpc) is 2.45. The fraction of sp³-hybridized carbons (Fsp3) is 0.357. The molecule has 0 bridgehead atoms. The van der Waals surface area contributed by atoms with Gasteiger partial charge in [0.1, 0.15) is 0 Å². The number of thioether (sulfide) groups is 1. The predicted octanol–water partition coefficient (Wildman–Crippen LogP) is 2.21. The first-order valence-electron chi connectivity index (χ1n) is 6.45. The van der Waals surface area contributed by atoms with E-state index in [0.29, 0.717) is 12.1 Å². The normalized spacial score (nSPS) is 11.9. The summed E-state index contributed by atoms with van der Waals surface area (Å²) in [6.07, 6.45) is 6.10. The number of carboxylic acid groups (broad SMARTS) is 1. The molecule has 2 N–H and O–H groups in total. The van der Waals surface area contributed by atoms with Gasteiger partial charge in [0.25, 0.3) is 0 Å². The van der Waals surface area contributed by atoms with Crippen molar-refractivity contribution in [3.8, 4) is 0 Å². The summed E-state index contributed by atoms with van der Waals surface area (Å²) in [5.41, 5.74) is 0.530. The first-order valence-corrected chi connectivity index (χ1v) is 9.33. The summed E-state index contributed by atoms with van der Waals surface area (Å²) in [4.78, 5) is 10.6. The van der Waals surface area contributed by atoms with Gasteiger partial charge in [0.15, 0.2) is 0 Å². The zero-order valence-electron chi connectivity index (χ0n) is 11.8. The Kier molecular flexibility index (Phi) is 7.49. The highest BCUT2D eigenvalue weighted by Crippen LogP contribution is 2.13. The Morgan fingerprint density at radius 1 is 1.38 bits per heavy atom. The standard InChI is InChI=1S/C14H19NO4S2/c1-20-10-3-2-9-15-21(18,19)13-6-4-5-12(11-13)7-8-14(16)17/h4-8,11,15H,2-3,9-10H2,1H3,(H,16,17)/b8-7+. The number of nitrogens with one attached hydrogen (secondary N) is 1. The Morgan fingerprint density at radius 2 is 2.14 bits per heavy atom. The third kappa shape index (κ3) is 6.79. The van der Waals surface area contributed by atoms with E-state index in [1.54, 1.807) is 23.9 Å². The first-order chi connectivity index (χ1) is 9.95.